The van der Waals surface area contributed by atoms with E-state index in [0.29, 0.717) is 0 Å². The molecule has 0 aromatic heterocycles. The first-order valence-corrected chi connectivity index (χ1v) is 25.5. The second-order valence-corrected chi connectivity index (χ2v) is 21.6. The molecule has 4 heteroatoms. The Balaban J connectivity index is 1.37. The van der Waals surface area contributed by atoms with Gasteiger partial charge in [0.1, 0.15) is 0 Å². The van der Waals surface area contributed by atoms with Crippen molar-refractivity contribution in [1.29, 1.82) is 0 Å². The molecule has 0 fully saturated rings. The molecule has 52 heavy (non-hydrogen) atoms. The first-order valence-electron chi connectivity index (χ1n) is 20.1. The van der Waals surface area contributed by atoms with Crippen molar-refractivity contribution in [3.05, 3.63) is 133 Å². The predicted octanol–water partition coefficient (Wildman–Crippen LogP) is 13.1. The zero-order valence-corrected chi connectivity index (χ0v) is 34.4. The van der Waals surface area contributed by atoms with Crippen LogP contribution in [0.4, 0.5) is 0 Å². The van der Waals surface area contributed by atoms with Gasteiger partial charge in [0.15, 0.2) is 0 Å². The average molecular weight is 745 g/mol. The van der Waals surface area contributed by atoms with Crippen molar-refractivity contribution >= 4 is 66.4 Å². The van der Waals surface area contributed by atoms with E-state index in [2.05, 4.69) is 149 Å². The van der Waals surface area contributed by atoms with Crippen LogP contribution in [0.1, 0.15) is 96.8 Å². The second-order valence-electron chi connectivity index (χ2n) is 14.8. The van der Waals surface area contributed by atoms with E-state index in [1.807, 2.05) is 0 Å². The summed E-state index contributed by atoms with van der Waals surface area (Å²) in [4.78, 5) is 0. The Morgan fingerprint density at radius 2 is 0.885 bits per heavy atom. The number of fused-ring (bicyclic) bond motifs is 2. The summed E-state index contributed by atoms with van der Waals surface area (Å²) in [6, 6.07) is 49.4. The molecule has 6 rings (SSSR count). The van der Waals surface area contributed by atoms with Crippen LogP contribution in [0.2, 0.25) is 0 Å². The third kappa shape index (κ3) is 9.17. The summed E-state index contributed by atoms with van der Waals surface area (Å²) in [7, 11) is -2.05. The summed E-state index contributed by atoms with van der Waals surface area (Å²) in [5.41, 5.74) is 2.42. The Morgan fingerprint density at radius 1 is 0.462 bits per heavy atom. The fourth-order valence-electron chi connectivity index (χ4n) is 8.57. The van der Waals surface area contributed by atoms with Gasteiger partial charge in [-0.2, -0.15) is 0 Å². The van der Waals surface area contributed by atoms with Crippen LogP contribution in [-0.2, 0) is 4.57 Å². The van der Waals surface area contributed by atoms with Crippen molar-refractivity contribution in [1.82, 2.24) is 0 Å². The number of rotatable bonds is 20. The minimum absolute atomic E-state index is 0.951. The van der Waals surface area contributed by atoms with Crippen LogP contribution in [0.3, 0.4) is 0 Å². The summed E-state index contributed by atoms with van der Waals surface area (Å²) >= 11 is 0. The standard InChI is InChI=1S/C48H59OP3/c1-2-3-4-5-6-7-8-9-10-11-12-13-14-25-38-52(41-28-17-15-18-29-41,42-30-19-16-20-31-42)46-37-35-40-27-22-24-33-44(40)48(46)47-43-32-23-21-26-39(43)34-36-45(47)51(49)50/h15-24,26-37,51-52H,2-14,25,38,50H2,1H3. The minimum atomic E-state index is -2.61. The normalized spacial score (nSPS) is 12.7. The van der Waals surface area contributed by atoms with E-state index in [0.717, 1.165) is 17.0 Å². The van der Waals surface area contributed by atoms with Crippen LogP contribution in [0.5, 0.6) is 0 Å². The SMILES string of the molecule is CCCCCCCCCCCCCCCC[PH](c1ccccc1)(c1ccccc1)c1ccc2ccccc2c1-c1c([PH](=O)P)ccc2ccccc12. The van der Waals surface area contributed by atoms with E-state index in [-0.39, 0.29) is 0 Å². The molecule has 0 bridgehead atoms. The summed E-state index contributed by atoms with van der Waals surface area (Å²) in [5, 5.41) is 10.1. The predicted molar refractivity (Wildman–Crippen MR) is 241 cm³/mol. The van der Waals surface area contributed by atoms with Crippen LogP contribution in [0, 0.1) is 0 Å². The number of hydrogen-bond donors (Lipinski definition) is 0. The summed E-state index contributed by atoms with van der Waals surface area (Å²) < 4.78 is 13.7. The van der Waals surface area contributed by atoms with Gasteiger partial charge in [0, 0.05) is 0 Å². The molecular weight excluding hydrogens is 685 g/mol. The van der Waals surface area contributed by atoms with Gasteiger partial charge >= 0.3 is 292 Å². The molecule has 2 atom stereocenters. The van der Waals surface area contributed by atoms with Crippen LogP contribution in [0.15, 0.2) is 133 Å². The molecule has 0 aliphatic carbocycles. The molecule has 0 saturated carbocycles. The molecule has 0 aliphatic rings. The molecule has 6 aromatic carbocycles. The van der Waals surface area contributed by atoms with Gasteiger partial charge < -0.3 is 0 Å². The third-order valence-corrected chi connectivity index (χ3v) is 18.2. The van der Waals surface area contributed by atoms with Crippen molar-refractivity contribution < 1.29 is 4.57 Å². The molecule has 0 radical (unpaired) electrons. The molecule has 1 nitrogen and oxygen atoms in total. The Morgan fingerprint density at radius 3 is 1.38 bits per heavy atom. The first-order chi connectivity index (χ1) is 25.6. The quantitative estimate of drug-likeness (QED) is 0.0562. The van der Waals surface area contributed by atoms with Crippen molar-refractivity contribution in [2.24, 2.45) is 0 Å². The van der Waals surface area contributed by atoms with E-state index in [9.17, 15) is 4.57 Å². The molecule has 6 aromatic rings. The second kappa shape index (κ2) is 19.8. The third-order valence-electron chi connectivity index (χ3n) is 11.3. The van der Waals surface area contributed by atoms with E-state index in [1.54, 1.807) is 0 Å². The van der Waals surface area contributed by atoms with Crippen molar-refractivity contribution in [3.63, 3.8) is 0 Å². The molecule has 0 amide bonds. The number of unbranched alkanes of at least 4 members (excludes halogenated alkanes) is 13. The van der Waals surface area contributed by atoms with E-state index < -0.39 is 14.8 Å². The Labute approximate surface area is 317 Å². The molecule has 0 saturated heterocycles. The van der Waals surface area contributed by atoms with Crippen molar-refractivity contribution in [3.8, 4) is 11.1 Å². The van der Waals surface area contributed by atoms with E-state index in [4.69, 9.17) is 0 Å². The molecule has 0 aliphatic heterocycles. The molecular formula is C48H59OP3. The van der Waals surface area contributed by atoms with Crippen LogP contribution in [-0.4, -0.2) is 6.16 Å². The summed E-state index contributed by atoms with van der Waals surface area (Å²) in [6.07, 6.45) is 20.2. The zero-order chi connectivity index (χ0) is 36.0. The van der Waals surface area contributed by atoms with Gasteiger partial charge in [-0.3, -0.25) is 0 Å². The zero-order valence-electron chi connectivity index (χ0n) is 31.3. The maximum atomic E-state index is 13.7. The summed E-state index contributed by atoms with van der Waals surface area (Å²) in [6.45, 7) is 2.30. The average Bonchev–Trinajstić information content (AvgIpc) is 3.19. The fraction of sp³-hybridized carbons (Fsp3) is 0.333. The topological polar surface area (TPSA) is 17.1 Å². The Bertz CT molecular complexity index is 1980. The molecule has 0 N–H and O–H groups in total. The molecule has 0 spiro atoms. The van der Waals surface area contributed by atoms with E-state index >= 15 is 0 Å². The summed E-state index contributed by atoms with van der Waals surface area (Å²) in [5.74, 6) is 0. The van der Waals surface area contributed by atoms with Crippen LogP contribution >= 0.6 is 23.7 Å². The molecule has 2 unspecified atom stereocenters. The fourth-order valence-corrected chi connectivity index (χ4v) is 15.2. The van der Waals surface area contributed by atoms with Crippen molar-refractivity contribution in [2.45, 2.75) is 96.8 Å². The monoisotopic (exact) mass is 744 g/mol. The van der Waals surface area contributed by atoms with Gasteiger partial charge in [-0.1, -0.05) is 26.2 Å². The molecule has 272 valence electrons. The number of benzene rings is 6. The number of hydrogen-bond acceptors (Lipinski definition) is 1. The van der Waals surface area contributed by atoms with Crippen molar-refractivity contribution in [2.75, 3.05) is 6.16 Å². The van der Waals surface area contributed by atoms with Gasteiger partial charge in [-0.25, -0.2) is 0 Å². The maximum absolute atomic E-state index is 13.7. The van der Waals surface area contributed by atoms with Crippen LogP contribution in [0.25, 0.3) is 32.7 Å². The van der Waals surface area contributed by atoms with Gasteiger partial charge in [0.05, 0.1) is 0 Å². The van der Waals surface area contributed by atoms with Crippen LogP contribution < -0.4 is 21.2 Å². The van der Waals surface area contributed by atoms with Gasteiger partial charge in [0.25, 0.3) is 0 Å². The van der Waals surface area contributed by atoms with E-state index in [1.165, 1.54) is 133 Å². The first kappa shape index (κ1) is 38.6. The molecule has 0 heterocycles. The Kier molecular flexibility index (Phi) is 14.8. The van der Waals surface area contributed by atoms with Gasteiger partial charge in [-0.15, -0.1) is 0 Å². The Hall–Kier alpha value is -3.07. The van der Waals surface area contributed by atoms with Gasteiger partial charge in [-0.05, 0) is 0 Å². The van der Waals surface area contributed by atoms with Gasteiger partial charge in [0.2, 0.25) is 0 Å².